The number of aromatic nitrogens is 1. The lowest BCUT2D eigenvalue weighted by Crippen LogP contribution is -2.25. The van der Waals surface area contributed by atoms with E-state index in [2.05, 4.69) is 10.5 Å². The zero-order chi connectivity index (χ0) is 13.0. The van der Waals surface area contributed by atoms with Gasteiger partial charge in [0.2, 0.25) is 5.76 Å². The summed E-state index contributed by atoms with van der Waals surface area (Å²) < 4.78 is 4.96. The Morgan fingerprint density at radius 1 is 1.39 bits per heavy atom. The second kappa shape index (κ2) is 5.46. The third kappa shape index (κ3) is 2.75. The Morgan fingerprint density at radius 3 is 2.78 bits per heavy atom. The molecule has 2 aromatic rings. The maximum atomic E-state index is 11.5. The molecule has 0 unspecified atom stereocenters. The van der Waals surface area contributed by atoms with E-state index in [1.807, 2.05) is 31.2 Å². The normalized spacial score (nSPS) is 10.3. The molecule has 1 aromatic carbocycles. The monoisotopic (exact) mass is 246 g/mol. The first-order chi connectivity index (χ1) is 8.70. The molecule has 0 fully saturated rings. The molecule has 1 heterocycles. The van der Waals surface area contributed by atoms with Gasteiger partial charge in [0.25, 0.3) is 5.91 Å². The number of nitrogens with one attached hydrogen (secondary N) is 1. The molecule has 94 valence electrons. The van der Waals surface area contributed by atoms with Crippen molar-refractivity contribution in [2.75, 3.05) is 13.2 Å². The van der Waals surface area contributed by atoms with Gasteiger partial charge in [-0.1, -0.05) is 35.0 Å². The molecule has 5 heteroatoms. The largest absolute Gasteiger partial charge is 0.395 e. The Hall–Kier alpha value is -2.14. The van der Waals surface area contributed by atoms with Gasteiger partial charge in [0, 0.05) is 18.2 Å². The highest BCUT2D eigenvalue weighted by molar-refractivity contribution is 5.92. The number of carbonyl (C=O) groups excluding carboxylic acids is 1. The van der Waals surface area contributed by atoms with Crippen molar-refractivity contribution in [1.82, 2.24) is 10.5 Å². The number of hydrogen-bond acceptors (Lipinski definition) is 4. The van der Waals surface area contributed by atoms with Gasteiger partial charge < -0.3 is 14.9 Å². The maximum Gasteiger partial charge on any atom is 0.289 e. The van der Waals surface area contributed by atoms with Crippen LogP contribution >= 0.6 is 0 Å². The van der Waals surface area contributed by atoms with Gasteiger partial charge in [-0.15, -0.1) is 0 Å². The number of amides is 1. The van der Waals surface area contributed by atoms with Gasteiger partial charge in [-0.05, 0) is 6.92 Å². The van der Waals surface area contributed by atoms with Crippen LogP contribution in [0.15, 0.2) is 34.9 Å². The van der Waals surface area contributed by atoms with E-state index >= 15 is 0 Å². The third-order valence-corrected chi connectivity index (χ3v) is 2.48. The minimum absolute atomic E-state index is 0.106. The van der Waals surface area contributed by atoms with Crippen molar-refractivity contribution in [3.8, 4) is 11.3 Å². The van der Waals surface area contributed by atoms with Crippen LogP contribution in [0.4, 0.5) is 0 Å². The van der Waals surface area contributed by atoms with Crippen molar-refractivity contribution >= 4 is 5.91 Å². The van der Waals surface area contributed by atoms with Crippen molar-refractivity contribution in [2.45, 2.75) is 6.92 Å². The fourth-order valence-corrected chi connectivity index (χ4v) is 1.50. The Labute approximate surface area is 104 Å². The maximum absolute atomic E-state index is 11.5. The minimum Gasteiger partial charge on any atom is -0.395 e. The molecule has 0 saturated heterocycles. The number of nitrogens with zero attached hydrogens (tertiary/aromatic N) is 1. The van der Waals surface area contributed by atoms with Gasteiger partial charge in [-0.3, -0.25) is 4.79 Å². The highest BCUT2D eigenvalue weighted by atomic mass is 16.5. The Kier molecular flexibility index (Phi) is 3.74. The lowest BCUT2D eigenvalue weighted by atomic mass is 10.1. The summed E-state index contributed by atoms with van der Waals surface area (Å²) in [7, 11) is 0. The van der Waals surface area contributed by atoms with Gasteiger partial charge in [0.15, 0.2) is 0 Å². The molecule has 5 nitrogen and oxygen atoms in total. The van der Waals surface area contributed by atoms with E-state index in [1.54, 1.807) is 6.07 Å². The van der Waals surface area contributed by atoms with E-state index in [1.165, 1.54) is 0 Å². The molecule has 0 saturated carbocycles. The fraction of sp³-hybridized carbons (Fsp3) is 0.231. The van der Waals surface area contributed by atoms with E-state index in [4.69, 9.17) is 9.63 Å². The van der Waals surface area contributed by atoms with Crippen LogP contribution in [0.25, 0.3) is 11.3 Å². The minimum atomic E-state index is -0.380. The fourth-order valence-electron chi connectivity index (χ4n) is 1.50. The second-order valence-corrected chi connectivity index (χ2v) is 3.92. The first-order valence-corrected chi connectivity index (χ1v) is 5.63. The van der Waals surface area contributed by atoms with Crippen LogP contribution in [-0.4, -0.2) is 29.3 Å². The van der Waals surface area contributed by atoms with E-state index in [0.717, 1.165) is 11.1 Å². The summed E-state index contributed by atoms with van der Waals surface area (Å²) in [5, 5.41) is 15.0. The lowest BCUT2D eigenvalue weighted by molar-refractivity contribution is 0.0908. The van der Waals surface area contributed by atoms with Crippen molar-refractivity contribution in [2.24, 2.45) is 0 Å². The van der Waals surface area contributed by atoms with Gasteiger partial charge in [0.05, 0.1) is 6.61 Å². The standard InChI is InChI=1S/C13H14N2O3/c1-9-2-4-10(5-3-9)11-8-12(18-15-11)13(17)14-6-7-16/h2-5,8,16H,6-7H2,1H3,(H,14,17). The van der Waals surface area contributed by atoms with E-state index in [-0.39, 0.29) is 24.8 Å². The van der Waals surface area contributed by atoms with Gasteiger partial charge >= 0.3 is 0 Å². The summed E-state index contributed by atoms with van der Waals surface area (Å²) >= 11 is 0. The van der Waals surface area contributed by atoms with Crippen LogP contribution < -0.4 is 5.32 Å². The summed E-state index contributed by atoms with van der Waals surface area (Å²) in [6.45, 7) is 2.09. The lowest BCUT2D eigenvalue weighted by Gasteiger charge is -1.97. The summed E-state index contributed by atoms with van der Waals surface area (Å²) in [4.78, 5) is 11.5. The van der Waals surface area contributed by atoms with Crippen molar-refractivity contribution in [3.05, 3.63) is 41.7 Å². The van der Waals surface area contributed by atoms with Crippen molar-refractivity contribution < 1.29 is 14.4 Å². The molecular formula is C13H14N2O3. The molecule has 0 spiro atoms. The SMILES string of the molecule is Cc1ccc(-c2cc(C(=O)NCCO)on2)cc1. The smallest absolute Gasteiger partial charge is 0.289 e. The number of carbonyl (C=O) groups is 1. The molecule has 2 rings (SSSR count). The third-order valence-electron chi connectivity index (χ3n) is 2.48. The summed E-state index contributed by atoms with van der Waals surface area (Å²) in [5.74, 6) is -0.242. The molecular weight excluding hydrogens is 232 g/mol. The molecule has 0 aliphatic carbocycles. The van der Waals surface area contributed by atoms with Gasteiger partial charge in [-0.25, -0.2) is 0 Å². The molecule has 18 heavy (non-hydrogen) atoms. The Morgan fingerprint density at radius 2 is 2.11 bits per heavy atom. The van der Waals surface area contributed by atoms with E-state index in [0.29, 0.717) is 5.69 Å². The number of benzene rings is 1. The number of hydrogen-bond donors (Lipinski definition) is 2. The average molecular weight is 246 g/mol. The molecule has 2 N–H and O–H groups in total. The summed E-state index contributed by atoms with van der Waals surface area (Å²) in [5.41, 5.74) is 2.66. The molecule has 1 amide bonds. The van der Waals surface area contributed by atoms with Crippen LogP contribution in [0.2, 0.25) is 0 Å². The zero-order valence-corrected chi connectivity index (χ0v) is 10.0. The molecule has 0 aliphatic rings. The van der Waals surface area contributed by atoms with E-state index < -0.39 is 0 Å². The van der Waals surface area contributed by atoms with Crippen LogP contribution in [-0.2, 0) is 0 Å². The number of aliphatic hydroxyl groups is 1. The number of aryl methyl sites for hydroxylation is 1. The predicted molar refractivity (Wildman–Crippen MR) is 66.1 cm³/mol. The molecule has 1 aromatic heterocycles. The quantitative estimate of drug-likeness (QED) is 0.854. The van der Waals surface area contributed by atoms with Crippen LogP contribution in [0.5, 0.6) is 0 Å². The topological polar surface area (TPSA) is 75.4 Å². The van der Waals surface area contributed by atoms with Crippen LogP contribution in [0.3, 0.4) is 0 Å². The zero-order valence-electron chi connectivity index (χ0n) is 10.0. The Bertz CT molecular complexity index is 531. The highest BCUT2D eigenvalue weighted by Crippen LogP contribution is 2.19. The molecule has 0 aliphatic heterocycles. The predicted octanol–water partition coefficient (Wildman–Crippen LogP) is 1.37. The molecule has 0 radical (unpaired) electrons. The van der Waals surface area contributed by atoms with Crippen molar-refractivity contribution in [3.63, 3.8) is 0 Å². The molecule has 0 bridgehead atoms. The summed E-state index contributed by atoms with van der Waals surface area (Å²) in [6.07, 6.45) is 0. The Balaban J connectivity index is 2.15. The van der Waals surface area contributed by atoms with Gasteiger partial charge in [-0.2, -0.15) is 0 Å². The number of aliphatic hydroxyl groups excluding tert-OH is 1. The van der Waals surface area contributed by atoms with Crippen LogP contribution in [0, 0.1) is 6.92 Å². The molecule has 0 atom stereocenters. The first-order valence-electron chi connectivity index (χ1n) is 5.63. The van der Waals surface area contributed by atoms with E-state index in [9.17, 15) is 4.79 Å². The second-order valence-electron chi connectivity index (χ2n) is 3.92. The van der Waals surface area contributed by atoms with Crippen molar-refractivity contribution in [1.29, 1.82) is 0 Å². The van der Waals surface area contributed by atoms with Gasteiger partial charge in [0.1, 0.15) is 5.69 Å². The number of rotatable bonds is 4. The highest BCUT2D eigenvalue weighted by Gasteiger charge is 2.13. The van der Waals surface area contributed by atoms with Crippen LogP contribution in [0.1, 0.15) is 16.1 Å². The average Bonchev–Trinajstić information content (AvgIpc) is 2.86. The first kappa shape index (κ1) is 12.3. The summed E-state index contributed by atoms with van der Waals surface area (Å²) in [6, 6.07) is 9.35.